The Morgan fingerprint density at radius 2 is 1.63 bits per heavy atom. The van der Waals surface area contributed by atoms with Crippen molar-refractivity contribution >= 4 is 28.2 Å². The van der Waals surface area contributed by atoms with Crippen LogP contribution >= 0.6 is 0 Å². The van der Waals surface area contributed by atoms with Gasteiger partial charge in [-0.15, -0.1) is 4.68 Å². The molecule has 0 aliphatic heterocycles. The maximum atomic E-state index is 12.9. The standard InChI is InChI=1S/C20H18N4O6/c1-28-14-6-10(4-5-13(14)25)9-21-24-19(26)18-17(23-20(24)27)11-7-15(29-2)16(30-3)8-12(11)22-18/h4-9,22,25H,1-3H3,(H,23,27)/b21-9-. The van der Waals surface area contributed by atoms with Gasteiger partial charge >= 0.3 is 11.2 Å². The number of benzene rings is 2. The lowest BCUT2D eigenvalue weighted by Gasteiger charge is -2.06. The van der Waals surface area contributed by atoms with E-state index < -0.39 is 11.2 Å². The Balaban J connectivity index is 1.87. The van der Waals surface area contributed by atoms with Crippen molar-refractivity contribution in [1.82, 2.24) is 14.6 Å². The molecule has 154 valence electrons. The molecule has 4 rings (SSSR count). The van der Waals surface area contributed by atoms with Crippen LogP contribution in [0.2, 0.25) is 0 Å². The molecule has 2 aromatic heterocycles. The fourth-order valence-electron chi connectivity index (χ4n) is 3.17. The number of H-pyrrole nitrogens is 2. The van der Waals surface area contributed by atoms with Crippen molar-refractivity contribution in [2.75, 3.05) is 21.3 Å². The molecule has 0 bridgehead atoms. The number of nitrogens with zero attached hydrogens (tertiary/aromatic N) is 2. The van der Waals surface area contributed by atoms with Crippen molar-refractivity contribution in [1.29, 1.82) is 0 Å². The minimum Gasteiger partial charge on any atom is -0.504 e. The third-order valence-corrected chi connectivity index (χ3v) is 4.66. The molecule has 0 unspecified atom stereocenters. The summed E-state index contributed by atoms with van der Waals surface area (Å²) in [6.45, 7) is 0. The quantitative estimate of drug-likeness (QED) is 0.430. The smallest absolute Gasteiger partial charge is 0.350 e. The van der Waals surface area contributed by atoms with E-state index in [1.807, 2.05) is 0 Å². The lowest BCUT2D eigenvalue weighted by atomic mass is 10.2. The lowest BCUT2D eigenvalue weighted by molar-refractivity contribution is 0.356. The highest BCUT2D eigenvalue weighted by atomic mass is 16.5. The zero-order chi connectivity index (χ0) is 21.4. The highest BCUT2D eigenvalue weighted by molar-refractivity contribution is 6.05. The molecular formula is C20H18N4O6. The molecule has 10 heteroatoms. The number of fused-ring (bicyclic) bond motifs is 3. The second-order valence-electron chi connectivity index (χ2n) is 6.35. The number of aromatic amines is 2. The molecule has 4 aromatic rings. The maximum absolute atomic E-state index is 12.9. The van der Waals surface area contributed by atoms with Gasteiger partial charge in [-0.1, -0.05) is 0 Å². The number of ether oxygens (including phenoxy) is 3. The number of hydrogen-bond acceptors (Lipinski definition) is 7. The third-order valence-electron chi connectivity index (χ3n) is 4.66. The van der Waals surface area contributed by atoms with Crippen LogP contribution in [0.25, 0.3) is 21.9 Å². The van der Waals surface area contributed by atoms with Gasteiger partial charge in [0.2, 0.25) is 0 Å². The van der Waals surface area contributed by atoms with E-state index in [1.54, 1.807) is 18.2 Å². The summed E-state index contributed by atoms with van der Waals surface area (Å²) in [5.74, 6) is 1.16. The normalized spacial score (nSPS) is 11.4. The van der Waals surface area contributed by atoms with Crippen LogP contribution in [0.3, 0.4) is 0 Å². The molecule has 0 spiro atoms. The Morgan fingerprint density at radius 1 is 0.933 bits per heavy atom. The fraction of sp³-hybridized carbons (Fsp3) is 0.150. The van der Waals surface area contributed by atoms with Crippen molar-refractivity contribution < 1.29 is 19.3 Å². The SMILES string of the molecule is COc1cc(/C=N\n2c(=O)[nH]c3c([nH]c4cc(OC)c(OC)cc43)c2=O)ccc1O. The van der Waals surface area contributed by atoms with E-state index in [0.29, 0.717) is 38.2 Å². The Hall–Kier alpha value is -4.21. The average Bonchev–Trinajstić information content (AvgIpc) is 3.11. The summed E-state index contributed by atoms with van der Waals surface area (Å²) in [6, 6.07) is 7.88. The second-order valence-corrected chi connectivity index (χ2v) is 6.35. The number of methoxy groups -OCH3 is 3. The van der Waals surface area contributed by atoms with E-state index in [2.05, 4.69) is 15.1 Å². The van der Waals surface area contributed by atoms with Crippen molar-refractivity contribution in [2.24, 2.45) is 5.10 Å². The molecule has 30 heavy (non-hydrogen) atoms. The molecule has 0 aliphatic rings. The van der Waals surface area contributed by atoms with Crippen LogP contribution in [0.15, 0.2) is 45.0 Å². The average molecular weight is 410 g/mol. The largest absolute Gasteiger partial charge is 0.504 e. The van der Waals surface area contributed by atoms with E-state index in [1.165, 1.54) is 39.7 Å². The molecule has 0 fully saturated rings. The number of phenolic OH excluding ortho intramolecular Hbond substituents is 1. The number of nitrogens with one attached hydrogen (secondary N) is 2. The van der Waals surface area contributed by atoms with Crippen LogP contribution in [0.5, 0.6) is 23.0 Å². The van der Waals surface area contributed by atoms with Crippen LogP contribution in [0, 0.1) is 0 Å². The zero-order valence-corrected chi connectivity index (χ0v) is 16.3. The first-order valence-corrected chi connectivity index (χ1v) is 8.81. The molecule has 10 nitrogen and oxygen atoms in total. The van der Waals surface area contributed by atoms with Gasteiger partial charge in [0.25, 0.3) is 0 Å². The lowest BCUT2D eigenvalue weighted by Crippen LogP contribution is -2.32. The van der Waals surface area contributed by atoms with E-state index in [9.17, 15) is 14.7 Å². The van der Waals surface area contributed by atoms with Gasteiger partial charge in [0.15, 0.2) is 23.0 Å². The molecule has 2 heterocycles. The van der Waals surface area contributed by atoms with E-state index in [-0.39, 0.29) is 17.0 Å². The third kappa shape index (κ3) is 3.04. The summed E-state index contributed by atoms with van der Waals surface area (Å²) >= 11 is 0. The zero-order valence-electron chi connectivity index (χ0n) is 16.3. The molecule has 0 radical (unpaired) electrons. The van der Waals surface area contributed by atoms with Crippen LogP contribution in [0.4, 0.5) is 0 Å². The summed E-state index contributed by atoms with van der Waals surface area (Å²) in [5.41, 5.74) is 0.330. The molecule has 0 atom stereocenters. The van der Waals surface area contributed by atoms with Crippen molar-refractivity contribution in [2.45, 2.75) is 0 Å². The minimum atomic E-state index is -0.704. The van der Waals surface area contributed by atoms with Gasteiger partial charge in [-0.25, -0.2) is 4.79 Å². The van der Waals surface area contributed by atoms with Crippen molar-refractivity contribution in [3.63, 3.8) is 0 Å². The number of phenols is 1. The van der Waals surface area contributed by atoms with Crippen LogP contribution < -0.4 is 25.5 Å². The van der Waals surface area contributed by atoms with Gasteiger partial charge in [0.1, 0.15) is 5.52 Å². The molecule has 3 N–H and O–H groups in total. The van der Waals surface area contributed by atoms with Gasteiger partial charge < -0.3 is 29.3 Å². The van der Waals surface area contributed by atoms with Crippen LogP contribution in [-0.2, 0) is 0 Å². The predicted molar refractivity (Wildman–Crippen MR) is 111 cm³/mol. The first-order chi connectivity index (χ1) is 14.5. The molecule has 0 amide bonds. The molecule has 0 aliphatic carbocycles. The van der Waals surface area contributed by atoms with Crippen molar-refractivity contribution in [3.8, 4) is 23.0 Å². The topological polar surface area (TPSA) is 131 Å². The number of hydrogen-bond donors (Lipinski definition) is 3. The molecular weight excluding hydrogens is 392 g/mol. The first-order valence-electron chi connectivity index (χ1n) is 8.81. The highest BCUT2D eigenvalue weighted by Crippen LogP contribution is 2.34. The first kappa shape index (κ1) is 19.1. The summed E-state index contributed by atoms with van der Waals surface area (Å²) in [4.78, 5) is 31.1. The summed E-state index contributed by atoms with van der Waals surface area (Å²) in [6.07, 6.45) is 1.32. The Kier molecular flexibility index (Phi) is 4.66. The van der Waals surface area contributed by atoms with Crippen molar-refractivity contribution in [3.05, 3.63) is 56.7 Å². The Bertz CT molecular complexity index is 1410. The van der Waals surface area contributed by atoms with E-state index in [0.717, 1.165) is 0 Å². The van der Waals surface area contributed by atoms with E-state index >= 15 is 0 Å². The second kappa shape index (κ2) is 7.32. The summed E-state index contributed by atoms with van der Waals surface area (Å²) in [7, 11) is 4.43. The Labute approximate surface area is 168 Å². The molecule has 0 saturated heterocycles. The molecule has 0 saturated carbocycles. The summed E-state index contributed by atoms with van der Waals surface area (Å²) in [5, 5.41) is 14.3. The van der Waals surface area contributed by atoms with Gasteiger partial charge in [-0.3, -0.25) is 4.79 Å². The van der Waals surface area contributed by atoms with Crippen LogP contribution in [0.1, 0.15) is 5.56 Å². The monoisotopic (exact) mass is 410 g/mol. The highest BCUT2D eigenvalue weighted by Gasteiger charge is 2.16. The fourth-order valence-corrected chi connectivity index (χ4v) is 3.17. The van der Waals surface area contributed by atoms with E-state index in [4.69, 9.17) is 14.2 Å². The maximum Gasteiger partial charge on any atom is 0.350 e. The van der Waals surface area contributed by atoms with Gasteiger partial charge in [-0.2, -0.15) is 5.10 Å². The number of rotatable bonds is 5. The van der Waals surface area contributed by atoms with Gasteiger partial charge in [-0.05, 0) is 29.8 Å². The summed E-state index contributed by atoms with van der Waals surface area (Å²) < 4.78 is 16.3. The number of aromatic hydroxyl groups is 1. The number of aromatic nitrogens is 3. The molecule has 2 aromatic carbocycles. The predicted octanol–water partition coefficient (Wildman–Crippen LogP) is 1.78. The van der Waals surface area contributed by atoms with Gasteiger partial charge in [0.05, 0.1) is 38.6 Å². The van der Waals surface area contributed by atoms with Crippen LogP contribution in [-0.4, -0.2) is 47.3 Å². The van der Waals surface area contributed by atoms with Gasteiger partial charge in [0, 0.05) is 11.5 Å². The Morgan fingerprint density at radius 3 is 2.33 bits per heavy atom. The minimum absolute atomic E-state index is 0.0324.